The summed E-state index contributed by atoms with van der Waals surface area (Å²) in [5.41, 5.74) is 2.63. The van der Waals surface area contributed by atoms with Crippen LogP contribution in [0, 0.1) is 30.6 Å². The Kier molecular flexibility index (Phi) is 7.60. The highest BCUT2D eigenvalue weighted by Crippen LogP contribution is 2.28. The number of hydrogen-bond donors (Lipinski definition) is 0. The van der Waals surface area contributed by atoms with E-state index in [0.717, 1.165) is 16.7 Å². The summed E-state index contributed by atoms with van der Waals surface area (Å²) in [5, 5.41) is 0. The number of esters is 1. The fourth-order valence-electron chi connectivity index (χ4n) is 2.45. The molecular formula is C22H24O2. The Bertz CT molecular complexity index is 695. The number of ether oxygens (including phenoxy) is 1. The van der Waals surface area contributed by atoms with E-state index in [0.29, 0.717) is 6.42 Å². The summed E-state index contributed by atoms with van der Waals surface area (Å²) < 4.78 is 5.57. The van der Waals surface area contributed by atoms with Crippen molar-refractivity contribution in [3.8, 4) is 24.7 Å². The standard InChI is InChI=1S/C22H24O2/c1-7-10-12-17(6)20(9-3)24-22(23)21(16(4)5)19-14-11-13-18(8-2)15-19/h1,3,8,11-16,20-21H,2,10H2,4-6H3. The van der Waals surface area contributed by atoms with Crippen LogP contribution in [0.5, 0.6) is 0 Å². The van der Waals surface area contributed by atoms with Crippen molar-refractivity contribution >= 4 is 12.0 Å². The zero-order chi connectivity index (χ0) is 18.1. The van der Waals surface area contributed by atoms with Gasteiger partial charge in [-0.15, -0.1) is 18.8 Å². The van der Waals surface area contributed by atoms with E-state index in [9.17, 15) is 4.79 Å². The van der Waals surface area contributed by atoms with Gasteiger partial charge in [-0.25, -0.2) is 0 Å². The maximum atomic E-state index is 12.7. The summed E-state index contributed by atoms with van der Waals surface area (Å²) in [6, 6.07) is 7.72. The molecule has 0 radical (unpaired) electrons. The third kappa shape index (κ3) is 5.18. The Balaban J connectivity index is 3.04. The average Bonchev–Trinajstić information content (AvgIpc) is 2.57. The van der Waals surface area contributed by atoms with Gasteiger partial charge >= 0.3 is 5.97 Å². The van der Waals surface area contributed by atoms with Crippen molar-refractivity contribution in [2.75, 3.05) is 0 Å². The van der Waals surface area contributed by atoms with Gasteiger partial charge in [0.05, 0.1) is 5.92 Å². The van der Waals surface area contributed by atoms with Crippen LogP contribution in [0.2, 0.25) is 0 Å². The molecule has 0 bridgehead atoms. The molecule has 0 aliphatic carbocycles. The largest absolute Gasteiger partial charge is 0.444 e. The van der Waals surface area contributed by atoms with Crippen molar-refractivity contribution in [3.05, 3.63) is 53.6 Å². The van der Waals surface area contributed by atoms with Gasteiger partial charge in [0, 0.05) is 6.42 Å². The second-order valence-corrected chi connectivity index (χ2v) is 5.94. The smallest absolute Gasteiger partial charge is 0.315 e. The molecule has 0 N–H and O–H groups in total. The molecular weight excluding hydrogens is 296 g/mol. The van der Waals surface area contributed by atoms with Crippen molar-refractivity contribution in [3.63, 3.8) is 0 Å². The second kappa shape index (κ2) is 9.43. The Morgan fingerprint density at radius 1 is 1.38 bits per heavy atom. The number of hydrogen-bond acceptors (Lipinski definition) is 2. The molecule has 2 unspecified atom stereocenters. The lowest BCUT2D eigenvalue weighted by atomic mass is 9.87. The zero-order valence-electron chi connectivity index (χ0n) is 14.6. The molecule has 1 aromatic rings. The lowest BCUT2D eigenvalue weighted by Gasteiger charge is -2.23. The quantitative estimate of drug-likeness (QED) is 0.417. The van der Waals surface area contributed by atoms with Crippen molar-refractivity contribution in [2.45, 2.75) is 39.2 Å². The molecule has 1 aromatic carbocycles. The normalized spacial score (nSPS) is 13.5. The van der Waals surface area contributed by atoms with E-state index in [1.807, 2.05) is 45.0 Å². The van der Waals surface area contributed by atoms with Crippen molar-refractivity contribution in [1.82, 2.24) is 0 Å². The maximum absolute atomic E-state index is 12.7. The number of carbonyl (C=O) groups excluding carboxylic acids is 1. The number of terminal acetylenes is 2. The van der Waals surface area contributed by atoms with Gasteiger partial charge in [0.1, 0.15) is 0 Å². The summed E-state index contributed by atoms with van der Waals surface area (Å²) in [5.74, 6) is 4.39. The number of allylic oxidation sites excluding steroid dienone is 1. The zero-order valence-corrected chi connectivity index (χ0v) is 14.6. The highest BCUT2D eigenvalue weighted by molar-refractivity contribution is 5.79. The molecule has 0 amide bonds. The Hall–Kier alpha value is -2.71. The molecule has 2 atom stereocenters. The predicted molar refractivity (Wildman–Crippen MR) is 100 cm³/mol. The molecule has 0 heterocycles. The van der Waals surface area contributed by atoms with Crippen LogP contribution in [0.4, 0.5) is 0 Å². The van der Waals surface area contributed by atoms with E-state index in [-0.39, 0.29) is 17.8 Å². The molecule has 2 nitrogen and oxygen atoms in total. The first-order valence-corrected chi connectivity index (χ1v) is 7.93. The van der Waals surface area contributed by atoms with Crippen LogP contribution < -0.4 is 0 Å². The molecule has 0 spiro atoms. The molecule has 0 fully saturated rings. The third-order valence-electron chi connectivity index (χ3n) is 3.77. The molecule has 24 heavy (non-hydrogen) atoms. The van der Waals surface area contributed by atoms with Gasteiger partial charge in [-0.2, -0.15) is 0 Å². The Morgan fingerprint density at radius 2 is 2.08 bits per heavy atom. The van der Waals surface area contributed by atoms with Crippen LogP contribution in [0.3, 0.4) is 0 Å². The summed E-state index contributed by atoms with van der Waals surface area (Å²) in [6.45, 7) is 9.55. The fraction of sp³-hybridized carbons (Fsp3) is 0.318. The van der Waals surface area contributed by atoms with Gasteiger partial charge in [0.25, 0.3) is 0 Å². The topological polar surface area (TPSA) is 26.3 Å². The highest BCUT2D eigenvalue weighted by atomic mass is 16.5. The Labute approximate surface area is 145 Å². The van der Waals surface area contributed by atoms with Crippen LogP contribution >= 0.6 is 0 Å². The minimum Gasteiger partial charge on any atom is -0.444 e. The maximum Gasteiger partial charge on any atom is 0.315 e. The molecule has 0 aliphatic rings. The van der Waals surface area contributed by atoms with E-state index in [1.54, 1.807) is 12.2 Å². The van der Waals surface area contributed by atoms with Gasteiger partial charge in [-0.3, -0.25) is 4.79 Å². The fourth-order valence-corrected chi connectivity index (χ4v) is 2.45. The van der Waals surface area contributed by atoms with Crippen LogP contribution in [0.1, 0.15) is 44.2 Å². The van der Waals surface area contributed by atoms with Gasteiger partial charge in [-0.05, 0) is 29.5 Å². The molecule has 0 aliphatic heterocycles. The van der Waals surface area contributed by atoms with Gasteiger partial charge in [0.2, 0.25) is 0 Å². The summed E-state index contributed by atoms with van der Waals surface area (Å²) in [7, 11) is 0. The van der Waals surface area contributed by atoms with E-state index in [2.05, 4.69) is 18.4 Å². The molecule has 124 valence electrons. The summed E-state index contributed by atoms with van der Waals surface area (Å²) in [4.78, 5) is 12.7. The van der Waals surface area contributed by atoms with Crippen LogP contribution in [0.25, 0.3) is 6.08 Å². The molecule has 1 rings (SSSR count). The van der Waals surface area contributed by atoms with Crippen LogP contribution in [-0.2, 0) is 9.53 Å². The average molecular weight is 320 g/mol. The molecule has 0 aromatic heterocycles. The predicted octanol–water partition coefficient (Wildman–Crippen LogP) is 4.58. The molecule has 2 heteroatoms. The lowest BCUT2D eigenvalue weighted by Crippen LogP contribution is -2.26. The highest BCUT2D eigenvalue weighted by Gasteiger charge is 2.28. The first kappa shape index (κ1) is 19.3. The minimum atomic E-state index is -0.699. The van der Waals surface area contributed by atoms with Crippen molar-refractivity contribution < 1.29 is 9.53 Å². The monoisotopic (exact) mass is 320 g/mol. The number of carbonyl (C=O) groups is 1. The number of benzene rings is 1. The van der Waals surface area contributed by atoms with E-state index in [4.69, 9.17) is 17.6 Å². The third-order valence-corrected chi connectivity index (χ3v) is 3.77. The molecule has 0 saturated carbocycles. The second-order valence-electron chi connectivity index (χ2n) is 5.94. The van der Waals surface area contributed by atoms with E-state index in [1.165, 1.54) is 0 Å². The summed E-state index contributed by atoms with van der Waals surface area (Å²) in [6.07, 6.45) is 14.1. The van der Waals surface area contributed by atoms with Crippen molar-refractivity contribution in [1.29, 1.82) is 0 Å². The van der Waals surface area contributed by atoms with E-state index >= 15 is 0 Å². The van der Waals surface area contributed by atoms with E-state index < -0.39 is 6.10 Å². The van der Waals surface area contributed by atoms with Crippen LogP contribution in [-0.4, -0.2) is 12.1 Å². The lowest BCUT2D eigenvalue weighted by molar-refractivity contribution is -0.148. The van der Waals surface area contributed by atoms with Crippen molar-refractivity contribution in [2.24, 2.45) is 5.92 Å². The van der Waals surface area contributed by atoms with Gasteiger partial charge in [0.15, 0.2) is 6.10 Å². The summed E-state index contributed by atoms with van der Waals surface area (Å²) >= 11 is 0. The van der Waals surface area contributed by atoms with Crippen LogP contribution in [0.15, 0.2) is 42.5 Å². The number of rotatable bonds is 7. The SMILES string of the molecule is C#CCC=C(C)C(C#C)OC(=O)C(c1cccc(C=C)c1)C(C)C. The minimum absolute atomic E-state index is 0.0750. The first-order chi connectivity index (χ1) is 11.4. The molecule has 0 saturated heterocycles. The van der Waals surface area contributed by atoms with Gasteiger partial charge in [-0.1, -0.05) is 62.8 Å². The Morgan fingerprint density at radius 3 is 2.62 bits per heavy atom. The first-order valence-electron chi connectivity index (χ1n) is 7.93. The van der Waals surface area contributed by atoms with Gasteiger partial charge < -0.3 is 4.74 Å².